The molecule has 2 rings (SSSR count). The van der Waals surface area contributed by atoms with Crippen LogP contribution < -0.4 is 5.32 Å². The average Bonchev–Trinajstić information content (AvgIpc) is 2.79. The van der Waals surface area contributed by atoms with E-state index in [0.717, 1.165) is 6.54 Å². The van der Waals surface area contributed by atoms with Crippen LogP contribution in [0.1, 0.15) is 51.6 Å². The molecule has 3 nitrogen and oxygen atoms in total. The van der Waals surface area contributed by atoms with Gasteiger partial charge in [-0.25, -0.2) is 0 Å². The van der Waals surface area contributed by atoms with Gasteiger partial charge in [0.15, 0.2) is 0 Å². The Bertz CT molecular complexity index is 530. The summed E-state index contributed by atoms with van der Waals surface area (Å²) in [5.74, 6) is 0. The Labute approximate surface area is 122 Å². The number of hydrogen-bond donors (Lipinski definition) is 1. The zero-order chi connectivity index (χ0) is 14.4. The smallest absolute Gasteiger partial charge is 0.0841 e. The Hall–Kier alpha value is -1.35. The molecule has 0 spiro atoms. The first-order valence-electron chi connectivity index (χ1n) is 7.90. The third-order valence-electron chi connectivity index (χ3n) is 3.94. The second kappa shape index (κ2) is 7.44. The number of aromatic nitrogens is 2. The SMILES string of the molecule is CCCCC(CCC)NCc1nn(C)c2ccccc12. The van der Waals surface area contributed by atoms with E-state index in [1.165, 1.54) is 48.7 Å². The molecule has 1 aromatic heterocycles. The second-order valence-corrected chi connectivity index (χ2v) is 5.60. The third kappa shape index (κ3) is 3.60. The van der Waals surface area contributed by atoms with E-state index in [4.69, 9.17) is 0 Å². The fourth-order valence-electron chi connectivity index (χ4n) is 2.81. The van der Waals surface area contributed by atoms with E-state index in [-0.39, 0.29) is 0 Å². The van der Waals surface area contributed by atoms with Crippen LogP contribution in [0.3, 0.4) is 0 Å². The first-order valence-corrected chi connectivity index (χ1v) is 7.90. The van der Waals surface area contributed by atoms with Crippen molar-refractivity contribution in [1.29, 1.82) is 0 Å². The molecule has 110 valence electrons. The minimum atomic E-state index is 0.626. The molecule has 0 saturated carbocycles. The molecule has 20 heavy (non-hydrogen) atoms. The third-order valence-corrected chi connectivity index (χ3v) is 3.94. The fraction of sp³-hybridized carbons (Fsp3) is 0.588. The van der Waals surface area contributed by atoms with Crippen molar-refractivity contribution >= 4 is 10.9 Å². The van der Waals surface area contributed by atoms with Crippen molar-refractivity contribution in [2.75, 3.05) is 0 Å². The summed E-state index contributed by atoms with van der Waals surface area (Å²) in [6.45, 7) is 5.39. The molecule has 0 aliphatic rings. The molecule has 0 amide bonds. The molecule has 0 bridgehead atoms. The quantitative estimate of drug-likeness (QED) is 0.787. The number of benzene rings is 1. The van der Waals surface area contributed by atoms with Crippen LogP contribution in [0.5, 0.6) is 0 Å². The topological polar surface area (TPSA) is 29.9 Å². The molecular formula is C17H27N3. The largest absolute Gasteiger partial charge is 0.308 e. The average molecular weight is 273 g/mol. The van der Waals surface area contributed by atoms with Crippen LogP contribution in [-0.4, -0.2) is 15.8 Å². The maximum Gasteiger partial charge on any atom is 0.0841 e. The molecule has 0 fully saturated rings. The maximum atomic E-state index is 4.66. The van der Waals surface area contributed by atoms with Crippen molar-refractivity contribution in [3.63, 3.8) is 0 Å². The Balaban J connectivity index is 2.03. The molecule has 1 aromatic carbocycles. The Kier molecular flexibility index (Phi) is 5.60. The summed E-state index contributed by atoms with van der Waals surface area (Å²) in [5, 5.41) is 9.63. The lowest BCUT2D eigenvalue weighted by molar-refractivity contribution is 0.431. The lowest BCUT2D eigenvalue weighted by Crippen LogP contribution is -2.28. The highest BCUT2D eigenvalue weighted by Gasteiger charge is 2.11. The predicted molar refractivity (Wildman–Crippen MR) is 85.8 cm³/mol. The van der Waals surface area contributed by atoms with Gasteiger partial charge in [-0.15, -0.1) is 0 Å². The highest BCUT2D eigenvalue weighted by molar-refractivity contribution is 5.81. The Morgan fingerprint density at radius 2 is 1.95 bits per heavy atom. The van der Waals surface area contributed by atoms with Gasteiger partial charge in [-0.2, -0.15) is 5.10 Å². The minimum Gasteiger partial charge on any atom is -0.308 e. The van der Waals surface area contributed by atoms with Gasteiger partial charge < -0.3 is 5.32 Å². The fourth-order valence-corrected chi connectivity index (χ4v) is 2.81. The first-order chi connectivity index (χ1) is 9.76. The Morgan fingerprint density at radius 3 is 2.70 bits per heavy atom. The van der Waals surface area contributed by atoms with E-state index in [0.29, 0.717) is 6.04 Å². The molecule has 0 aliphatic heterocycles. The van der Waals surface area contributed by atoms with Crippen molar-refractivity contribution in [2.45, 2.75) is 58.5 Å². The summed E-state index contributed by atoms with van der Waals surface area (Å²) in [6.07, 6.45) is 6.35. The number of para-hydroxylation sites is 1. The number of rotatable bonds is 8. The lowest BCUT2D eigenvalue weighted by atomic mass is 10.0. The zero-order valence-electron chi connectivity index (χ0n) is 13.0. The monoisotopic (exact) mass is 273 g/mol. The summed E-state index contributed by atoms with van der Waals surface area (Å²) in [4.78, 5) is 0. The summed E-state index contributed by atoms with van der Waals surface area (Å²) in [6, 6.07) is 9.09. The van der Waals surface area contributed by atoms with Gasteiger partial charge in [-0.1, -0.05) is 51.3 Å². The van der Waals surface area contributed by atoms with Crippen LogP contribution in [0.15, 0.2) is 24.3 Å². The van der Waals surface area contributed by atoms with Crippen LogP contribution >= 0.6 is 0 Å². The highest BCUT2D eigenvalue weighted by Crippen LogP contribution is 2.18. The highest BCUT2D eigenvalue weighted by atomic mass is 15.3. The summed E-state index contributed by atoms with van der Waals surface area (Å²) in [7, 11) is 2.02. The van der Waals surface area contributed by atoms with Gasteiger partial charge in [0.25, 0.3) is 0 Å². The van der Waals surface area contributed by atoms with Crippen molar-refractivity contribution < 1.29 is 0 Å². The summed E-state index contributed by atoms with van der Waals surface area (Å²) in [5.41, 5.74) is 2.38. The number of nitrogens with one attached hydrogen (secondary N) is 1. The van der Waals surface area contributed by atoms with E-state index in [1.54, 1.807) is 0 Å². The lowest BCUT2D eigenvalue weighted by Gasteiger charge is -2.17. The minimum absolute atomic E-state index is 0.626. The first kappa shape index (κ1) is 15.0. The number of unbranched alkanes of at least 4 members (excludes halogenated alkanes) is 1. The van der Waals surface area contributed by atoms with Gasteiger partial charge in [0.2, 0.25) is 0 Å². The zero-order valence-corrected chi connectivity index (χ0v) is 13.0. The normalized spacial score (nSPS) is 12.9. The van der Waals surface area contributed by atoms with Gasteiger partial charge in [-0.3, -0.25) is 4.68 Å². The summed E-state index contributed by atoms with van der Waals surface area (Å²) < 4.78 is 1.98. The molecule has 1 atom stereocenters. The van der Waals surface area contributed by atoms with E-state index < -0.39 is 0 Å². The van der Waals surface area contributed by atoms with E-state index in [1.807, 2.05) is 11.7 Å². The van der Waals surface area contributed by atoms with Crippen molar-refractivity contribution in [3.8, 4) is 0 Å². The predicted octanol–water partition coefficient (Wildman–Crippen LogP) is 4.02. The molecule has 1 heterocycles. The second-order valence-electron chi connectivity index (χ2n) is 5.60. The van der Waals surface area contributed by atoms with Crippen LogP contribution in [0.2, 0.25) is 0 Å². The molecule has 2 aromatic rings. The molecule has 0 radical (unpaired) electrons. The van der Waals surface area contributed by atoms with Crippen molar-refractivity contribution in [2.24, 2.45) is 7.05 Å². The number of hydrogen-bond acceptors (Lipinski definition) is 2. The molecule has 1 N–H and O–H groups in total. The van der Waals surface area contributed by atoms with Crippen LogP contribution in [0.4, 0.5) is 0 Å². The number of aryl methyl sites for hydroxylation is 1. The van der Waals surface area contributed by atoms with Gasteiger partial charge in [-0.05, 0) is 18.9 Å². The van der Waals surface area contributed by atoms with Crippen molar-refractivity contribution in [1.82, 2.24) is 15.1 Å². The molecular weight excluding hydrogens is 246 g/mol. The van der Waals surface area contributed by atoms with Crippen LogP contribution in [0.25, 0.3) is 10.9 Å². The number of nitrogens with zero attached hydrogens (tertiary/aromatic N) is 2. The van der Waals surface area contributed by atoms with E-state index in [9.17, 15) is 0 Å². The molecule has 3 heteroatoms. The summed E-state index contributed by atoms with van der Waals surface area (Å²) >= 11 is 0. The van der Waals surface area contributed by atoms with Crippen LogP contribution in [0, 0.1) is 0 Å². The Morgan fingerprint density at radius 1 is 1.15 bits per heavy atom. The van der Waals surface area contributed by atoms with Crippen LogP contribution in [-0.2, 0) is 13.6 Å². The van der Waals surface area contributed by atoms with Gasteiger partial charge in [0.05, 0.1) is 11.2 Å². The van der Waals surface area contributed by atoms with E-state index >= 15 is 0 Å². The van der Waals surface area contributed by atoms with Crippen molar-refractivity contribution in [3.05, 3.63) is 30.0 Å². The van der Waals surface area contributed by atoms with Gasteiger partial charge in [0, 0.05) is 25.0 Å². The standard InChI is InChI=1S/C17H27N3/c1-4-6-10-14(9-5-2)18-13-16-15-11-7-8-12-17(15)20(3)19-16/h7-8,11-12,14,18H,4-6,9-10,13H2,1-3H3. The van der Waals surface area contributed by atoms with E-state index in [2.05, 4.69) is 48.5 Å². The molecule has 0 aliphatic carbocycles. The number of fused-ring (bicyclic) bond motifs is 1. The van der Waals surface area contributed by atoms with Gasteiger partial charge in [0.1, 0.15) is 0 Å². The molecule has 0 saturated heterocycles. The van der Waals surface area contributed by atoms with Gasteiger partial charge >= 0.3 is 0 Å². The molecule has 1 unspecified atom stereocenters. The maximum absolute atomic E-state index is 4.66.